The third-order valence-electron chi connectivity index (χ3n) is 5.53. The van der Waals surface area contributed by atoms with E-state index in [0.29, 0.717) is 5.57 Å². The van der Waals surface area contributed by atoms with E-state index < -0.39 is 72.7 Å². The summed E-state index contributed by atoms with van der Waals surface area (Å²) in [5, 5.41) is 20.4. The highest BCUT2D eigenvalue weighted by atomic mass is 16.6. The van der Waals surface area contributed by atoms with Crippen LogP contribution in [0.25, 0.3) is 0 Å². The fourth-order valence-corrected chi connectivity index (χ4v) is 3.64. The van der Waals surface area contributed by atoms with Gasteiger partial charge in [-0.3, -0.25) is 9.59 Å². The molecule has 0 saturated carbocycles. The van der Waals surface area contributed by atoms with Crippen molar-refractivity contribution in [2.75, 3.05) is 13.7 Å². The summed E-state index contributed by atoms with van der Waals surface area (Å²) in [7, 11) is 1.11. The third-order valence-corrected chi connectivity index (χ3v) is 5.53. The summed E-state index contributed by atoms with van der Waals surface area (Å²) in [6.45, 7) is 9.64. The maximum Gasteiger partial charge on any atom is 0.337 e. The number of esters is 4. The second-order valence-corrected chi connectivity index (χ2v) is 8.86. The molecule has 10 nitrogen and oxygen atoms in total. The van der Waals surface area contributed by atoms with E-state index in [-0.39, 0.29) is 17.6 Å². The van der Waals surface area contributed by atoms with E-state index in [1.54, 1.807) is 27.7 Å². The Balaban J connectivity index is 2.79. The molecule has 2 rings (SSSR count). The molecule has 0 amide bonds. The molecule has 5 unspecified atom stereocenters. The molecule has 1 aliphatic heterocycles. The fraction of sp³-hybridized carbons (Fsp3) is 0.583. The van der Waals surface area contributed by atoms with Crippen LogP contribution in [0.3, 0.4) is 0 Å². The Kier molecular flexibility index (Phi) is 9.17. The number of carbonyl (C=O) groups is 4. The van der Waals surface area contributed by atoms with Crippen molar-refractivity contribution in [2.45, 2.75) is 58.5 Å². The highest BCUT2D eigenvalue weighted by Gasteiger charge is 2.51. The molecule has 0 spiro atoms. The monoisotopic (exact) mass is 480 g/mol. The Bertz CT molecular complexity index is 897. The molecule has 2 N–H and O–H groups in total. The highest BCUT2D eigenvalue weighted by molar-refractivity contribution is 5.93. The zero-order chi connectivity index (χ0) is 25.7. The van der Waals surface area contributed by atoms with Crippen molar-refractivity contribution in [3.8, 4) is 0 Å². The van der Waals surface area contributed by atoms with Gasteiger partial charge in [-0.25, -0.2) is 9.59 Å². The lowest BCUT2D eigenvalue weighted by Crippen LogP contribution is -2.47. The van der Waals surface area contributed by atoms with Crippen LogP contribution < -0.4 is 0 Å². The smallest absolute Gasteiger partial charge is 0.337 e. The summed E-state index contributed by atoms with van der Waals surface area (Å²) < 4.78 is 21.6. The molecule has 34 heavy (non-hydrogen) atoms. The molecule has 188 valence electrons. The van der Waals surface area contributed by atoms with E-state index in [0.717, 1.165) is 13.2 Å². The molecule has 2 aliphatic rings. The predicted molar refractivity (Wildman–Crippen MR) is 118 cm³/mol. The molecule has 5 atom stereocenters. The van der Waals surface area contributed by atoms with E-state index in [1.165, 1.54) is 6.08 Å². The molecule has 0 aromatic rings. The van der Waals surface area contributed by atoms with Crippen LogP contribution in [0, 0.1) is 17.8 Å². The SMILES string of the molecule is C=C1C(=O)OC2C=C(CO)CC(O)C=C(C(=O)OC)C(OC(=O)C(C)C)C(OC(=O)C(C)C)C12. The number of ether oxygens (including phenoxy) is 4. The average molecular weight is 481 g/mol. The van der Waals surface area contributed by atoms with Gasteiger partial charge in [0.25, 0.3) is 0 Å². The minimum Gasteiger partial charge on any atom is -0.466 e. The van der Waals surface area contributed by atoms with Gasteiger partial charge in [0.15, 0.2) is 12.2 Å². The quantitative estimate of drug-likeness (QED) is 0.244. The van der Waals surface area contributed by atoms with Crippen LogP contribution in [0.5, 0.6) is 0 Å². The second kappa shape index (κ2) is 11.4. The summed E-state index contributed by atoms with van der Waals surface area (Å²) >= 11 is 0. The zero-order valence-corrected chi connectivity index (χ0v) is 20.0. The van der Waals surface area contributed by atoms with Crippen LogP contribution in [-0.4, -0.2) is 72.2 Å². The molecule has 1 aliphatic carbocycles. The number of carbonyl (C=O) groups excluding carboxylic acids is 4. The minimum absolute atomic E-state index is 0.0592. The van der Waals surface area contributed by atoms with E-state index >= 15 is 0 Å². The van der Waals surface area contributed by atoms with Gasteiger partial charge in [0.05, 0.1) is 43.1 Å². The van der Waals surface area contributed by atoms with Gasteiger partial charge in [-0.05, 0) is 17.7 Å². The van der Waals surface area contributed by atoms with Gasteiger partial charge in [-0.1, -0.05) is 34.3 Å². The third kappa shape index (κ3) is 6.12. The van der Waals surface area contributed by atoms with E-state index in [4.69, 9.17) is 18.9 Å². The molecule has 0 bridgehead atoms. The van der Waals surface area contributed by atoms with Crippen molar-refractivity contribution in [3.63, 3.8) is 0 Å². The van der Waals surface area contributed by atoms with E-state index in [1.807, 2.05) is 0 Å². The molecule has 1 heterocycles. The Labute approximate surface area is 198 Å². The molecule has 1 saturated heterocycles. The molecule has 1 fully saturated rings. The minimum atomic E-state index is -1.54. The first kappa shape index (κ1) is 27.3. The van der Waals surface area contributed by atoms with Gasteiger partial charge in [-0.15, -0.1) is 0 Å². The first-order valence-electron chi connectivity index (χ1n) is 11.0. The van der Waals surface area contributed by atoms with Crippen LogP contribution in [-0.2, 0) is 38.1 Å². The Morgan fingerprint density at radius 2 is 1.71 bits per heavy atom. The number of methoxy groups -OCH3 is 1. The number of aliphatic hydroxyl groups is 2. The molecule has 0 radical (unpaired) electrons. The lowest BCUT2D eigenvalue weighted by Gasteiger charge is -2.34. The summed E-state index contributed by atoms with van der Waals surface area (Å²) in [4.78, 5) is 50.5. The molecule has 10 heteroatoms. The predicted octanol–water partition coefficient (Wildman–Crippen LogP) is 1.00. The van der Waals surface area contributed by atoms with Crippen LogP contribution >= 0.6 is 0 Å². The number of aliphatic hydroxyl groups excluding tert-OH is 2. The van der Waals surface area contributed by atoms with Crippen LogP contribution in [0.1, 0.15) is 34.1 Å². The Morgan fingerprint density at radius 3 is 2.24 bits per heavy atom. The number of rotatable bonds is 6. The van der Waals surface area contributed by atoms with Crippen molar-refractivity contribution in [1.29, 1.82) is 0 Å². The maximum absolute atomic E-state index is 12.8. The average Bonchev–Trinajstić information content (AvgIpc) is 3.05. The van der Waals surface area contributed by atoms with E-state index in [2.05, 4.69) is 6.58 Å². The van der Waals surface area contributed by atoms with Gasteiger partial charge >= 0.3 is 23.9 Å². The number of fused-ring (bicyclic) bond motifs is 1. The van der Waals surface area contributed by atoms with Crippen LogP contribution in [0.2, 0.25) is 0 Å². The maximum atomic E-state index is 12.8. The van der Waals surface area contributed by atoms with Gasteiger partial charge in [-0.2, -0.15) is 0 Å². The van der Waals surface area contributed by atoms with Gasteiger partial charge in [0, 0.05) is 12.0 Å². The topological polar surface area (TPSA) is 146 Å². The lowest BCUT2D eigenvalue weighted by molar-refractivity contribution is -0.175. The number of hydrogen-bond acceptors (Lipinski definition) is 10. The van der Waals surface area contributed by atoms with Crippen molar-refractivity contribution in [2.24, 2.45) is 17.8 Å². The van der Waals surface area contributed by atoms with Gasteiger partial charge in [0.1, 0.15) is 6.10 Å². The Morgan fingerprint density at radius 1 is 1.12 bits per heavy atom. The first-order valence-corrected chi connectivity index (χ1v) is 11.0. The summed E-state index contributed by atoms with van der Waals surface area (Å²) in [6.07, 6.45) is -2.85. The Hall–Kier alpha value is -2.98. The lowest BCUT2D eigenvalue weighted by atomic mass is 9.83. The normalized spacial score (nSPS) is 27.4. The summed E-state index contributed by atoms with van der Waals surface area (Å²) in [5.41, 5.74) is -0.0244. The first-order chi connectivity index (χ1) is 15.9. The summed E-state index contributed by atoms with van der Waals surface area (Å²) in [6, 6.07) is 0. The van der Waals surface area contributed by atoms with E-state index in [9.17, 15) is 29.4 Å². The standard InChI is InChI=1S/C24H32O10/c1-11(2)21(27)33-19-16(24(30)31-6)9-15(26)7-14(10-25)8-17-18(13(5)23(29)32-17)20(19)34-22(28)12(3)4/h8-9,11-12,15,17-20,25-26H,5,7,10H2,1-4,6H3. The van der Waals surface area contributed by atoms with Crippen molar-refractivity contribution in [3.05, 3.63) is 35.5 Å². The van der Waals surface area contributed by atoms with Crippen molar-refractivity contribution in [1.82, 2.24) is 0 Å². The molecular formula is C24H32O10. The van der Waals surface area contributed by atoms with Crippen LogP contribution in [0.4, 0.5) is 0 Å². The molecular weight excluding hydrogens is 448 g/mol. The number of hydrogen-bond donors (Lipinski definition) is 2. The van der Waals surface area contributed by atoms with Crippen molar-refractivity contribution < 1.29 is 48.3 Å². The zero-order valence-electron chi connectivity index (χ0n) is 20.0. The van der Waals surface area contributed by atoms with Crippen LogP contribution in [0.15, 0.2) is 35.5 Å². The molecule has 0 aromatic heterocycles. The largest absolute Gasteiger partial charge is 0.466 e. The van der Waals surface area contributed by atoms with Crippen molar-refractivity contribution >= 4 is 23.9 Å². The highest BCUT2D eigenvalue weighted by Crippen LogP contribution is 2.38. The molecule has 0 aromatic carbocycles. The summed E-state index contributed by atoms with van der Waals surface area (Å²) in [5.74, 6) is -5.36. The fourth-order valence-electron chi connectivity index (χ4n) is 3.64. The van der Waals surface area contributed by atoms with Gasteiger partial charge < -0.3 is 29.2 Å². The second-order valence-electron chi connectivity index (χ2n) is 8.86. The van der Waals surface area contributed by atoms with Gasteiger partial charge in [0.2, 0.25) is 0 Å².